The molecular weight excluding hydrogens is 342 g/mol. The van der Waals surface area contributed by atoms with Gasteiger partial charge in [0.1, 0.15) is 6.04 Å². The zero-order valence-corrected chi connectivity index (χ0v) is 15.5. The fourth-order valence-electron chi connectivity index (χ4n) is 3.51. The second-order valence-electron chi connectivity index (χ2n) is 7.89. The number of hydrogen-bond donors (Lipinski definition) is 1. The Balaban J connectivity index is 1.63. The molecule has 1 unspecified atom stereocenters. The average molecular weight is 363 g/mol. The van der Waals surface area contributed by atoms with Crippen molar-refractivity contribution in [3.05, 3.63) is 59.8 Å². The van der Waals surface area contributed by atoms with E-state index in [-0.39, 0.29) is 11.5 Å². The first-order valence-corrected chi connectivity index (χ1v) is 9.08. The quantitative estimate of drug-likeness (QED) is 0.589. The van der Waals surface area contributed by atoms with Gasteiger partial charge in [-0.1, -0.05) is 31.9 Å². The number of H-pyrrole nitrogens is 1. The highest BCUT2D eigenvalue weighted by atomic mass is 16.4. The number of anilines is 1. The summed E-state index contributed by atoms with van der Waals surface area (Å²) in [4.78, 5) is 9.94. The van der Waals surface area contributed by atoms with Gasteiger partial charge >= 0.3 is 6.01 Å². The molecule has 4 aromatic rings. The molecule has 0 radical (unpaired) electrons. The van der Waals surface area contributed by atoms with Crippen LogP contribution in [0, 0.1) is 0 Å². The summed E-state index contributed by atoms with van der Waals surface area (Å²) >= 11 is 0. The molecule has 0 fully saturated rings. The molecule has 8 heteroatoms. The molecule has 0 amide bonds. The minimum Gasteiger partial charge on any atom is -0.407 e. The second-order valence-corrected chi connectivity index (χ2v) is 7.89. The highest BCUT2D eigenvalue weighted by molar-refractivity contribution is 5.51. The first-order chi connectivity index (χ1) is 13.0. The van der Waals surface area contributed by atoms with Gasteiger partial charge in [0, 0.05) is 30.3 Å². The normalized spacial score (nSPS) is 17.4. The van der Waals surface area contributed by atoms with E-state index < -0.39 is 0 Å². The third-order valence-electron chi connectivity index (χ3n) is 4.90. The summed E-state index contributed by atoms with van der Waals surface area (Å²) in [5.41, 5.74) is 3.83. The van der Waals surface area contributed by atoms with Crippen molar-refractivity contribution >= 4 is 11.5 Å². The molecule has 1 aliphatic rings. The molecule has 0 spiro atoms. The Labute approximate surface area is 156 Å². The van der Waals surface area contributed by atoms with E-state index in [2.05, 4.69) is 51.9 Å². The van der Waals surface area contributed by atoms with Gasteiger partial charge < -0.3 is 14.3 Å². The highest BCUT2D eigenvalue weighted by Gasteiger charge is 2.36. The molecular formula is C19H21N7O. The molecule has 5 rings (SSSR count). The van der Waals surface area contributed by atoms with Gasteiger partial charge in [-0.05, 0) is 18.2 Å². The predicted molar refractivity (Wildman–Crippen MR) is 99.7 cm³/mol. The largest absolute Gasteiger partial charge is 0.407 e. The molecule has 1 N–H and O–H groups in total. The molecule has 4 aromatic heterocycles. The molecule has 1 aliphatic heterocycles. The Kier molecular flexibility index (Phi) is 3.37. The molecule has 0 aromatic carbocycles. The molecule has 5 heterocycles. The number of imidazole rings is 1. The highest BCUT2D eigenvalue weighted by Crippen LogP contribution is 2.37. The van der Waals surface area contributed by atoms with Crippen molar-refractivity contribution < 1.29 is 4.42 Å². The Morgan fingerprint density at radius 3 is 2.89 bits per heavy atom. The molecule has 0 saturated heterocycles. The molecule has 8 nitrogen and oxygen atoms in total. The first-order valence-electron chi connectivity index (χ1n) is 9.08. The second kappa shape index (κ2) is 5.67. The number of aromatic amines is 1. The zero-order chi connectivity index (χ0) is 18.6. The van der Waals surface area contributed by atoms with E-state index in [0.717, 1.165) is 35.6 Å². The van der Waals surface area contributed by atoms with Crippen LogP contribution < -0.4 is 4.90 Å². The van der Waals surface area contributed by atoms with E-state index >= 15 is 0 Å². The number of nitrogens with one attached hydrogen (secondary N) is 1. The third kappa shape index (κ3) is 2.59. The van der Waals surface area contributed by atoms with E-state index in [1.807, 2.05) is 28.9 Å². The van der Waals surface area contributed by atoms with E-state index in [9.17, 15) is 0 Å². The Hall–Kier alpha value is -3.16. The van der Waals surface area contributed by atoms with Gasteiger partial charge in [0.05, 0.1) is 23.2 Å². The van der Waals surface area contributed by atoms with Crippen LogP contribution in [-0.2, 0) is 11.8 Å². The van der Waals surface area contributed by atoms with E-state index in [1.54, 1.807) is 6.33 Å². The van der Waals surface area contributed by atoms with Crippen LogP contribution >= 0.6 is 0 Å². The SMILES string of the molecule is CC(C)(C)c1nnc(N2CCc3[nH]cnc3C2c2cc3ccccn3n2)o1. The summed E-state index contributed by atoms with van der Waals surface area (Å²) in [5.74, 6) is 0.624. The summed E-state index contributed by atoms with van der Waals surface area (Å²) in [7, 11) is 0. The van der Waals surface area contributed by atoms with E-state index in [4.69, 9.17) is 9.52 Å². The monoisotopic (exact) mass is 363 g/mol. The van der Waals surface area contributed by atoms with Gasteiger partial charge in [-0.2, -0.15) is 5.10 Å². The van der Waals surface area contributed by atoms with E-state index in [0.29, 0.717) is 11.9 Å². The minimum absolute atomic E-state index is 0.173. The fraction of sp³-hybridized carbons (Fsp3) is 0.368. The molecule has 0 saturated carbocycles. The fourth-order valence-corrected chi connectivity index (χ4v) is 3.51. The van der Waals surface area contributed by atoms with Gasteiger partial charge in [-0.3, -0.25) is 0 Å². The van der Waals surface area contributed by atoms with Crippen LogP contribution in [0.2, 0.25) is 0 Å². The minimum atomic E-state index is -0.197. The number of rotatable bonds is 2. The maximum Gasteiger partial charge on any atom is 0.319 e. The Morgan fingerprint density at radius 2 is 2.11 bits per heavy atom. The van der Waals surface area contributed by atoms with Gasteiger partial charge in [0.2, 0.25) is 5.89 Å². The van der Waals surface area contributed by atoms with E-state index in [1.165, 1.54) is 0 Å². The summed E-state index contributed by atoms with van der Waals surface area (Å²) in [5, 5.41) is 13.4. The topological polar surface area (TPSA) is 88.1 Å². The van der Waals surface area contributed by atoms with Crippen molar-refractivity contribution in [1.82, 2.24) is 29.8 Å². The standard InChI is InChI=1S/C19H21N7O/c1-19(2,3)17-22-23-18(27-17)25-9-7-13-15(21-11-20-13)16(25)14-10-12-6-4-5-8-26(12)24-14/h4-6,8,10-11,16H,7,9H2,1-3H3,(H,20,21). The summed E-state index contributed by atoms with van der Waals surface area (Å²) in [6.45, 7) is 6.93. The van der Waals surface area contributed by atoms with Crippen LogP contribution in [0.3, 0.4) is 0 Å². The number of pyridine rings is 1. The molecule has 1 atom stereocenters. The third-order valence-corrected chi connectivity index (χ3v) is 4.90. The Morgan fingerprint density at radius 1 is 1.22 bits per heavy atom. The van der Waals surface area contributed by atoms with Crippen molar-refractivity contribution in [2.45, 2.75) is 38.6 Å². The lowest BCUT2D eigenvalue weighted by atomic mass is 9.97. The first kappa shape index (κ1) is 16.0. The van der Waals surface area contributed by atoms with Crippen LogP contribution in [0.1, 0.15) is 49.8 Å². The molecule has 27 heavy (non-hydrogen) atoms. The van der Waals surface area contributed by atoms with Crippen molar-refractivity contribution in [3.8, 4) is 0 Å². The van der Waals surface area contributed by atoms with Crippen LogP contribution in [0.5, 0.6) is 0 Å². The predicted octanol–water partition coefficient (Wildman–Crippen LogP) is 2.89. The summed E-state index contributed by atoms with van der Waals surface area (Å²) in [6.07, 6.45) is 4.53. The van der Waals surface area contributed by atoms with Crippen LogP contribution in [0.15, 0.2) is 41.2 Å². The van der Waals surface area contributed by atoms with Gasteiger partial charge in [-0.25, -0.2) is 9.50 Å². The van der Waals surface area contributed by atoms with Gasteiger partial charge in [0.25, 0.3) is 0 Å². The number of aromatic nitrogens is 6. The van der Waals surface area contributed by atoms with Crippen molar-refractivity contribution in [2.75, 3.05) is 11.4 Å². The molecule has 0 bridgehead atoms. The molecule has 0 aliphatic carbocycles. The average Bonchev–Trinajstić information content (AvgIpc) is 3.37. The van der Waals surface area contributed by atoms with Crippen molar-refractivity contribution in [1.29, 1.82) is 0 Å². The van der Waals surface area contributed by atoms with Gasteiger partial charge in [0.15, 0.2) is 0 Å². The zero-order valence-electron chi connectivity index (χ0n) is 15.5. The van der Waals surface area contributed by atoms with Crippen LogP contribution in [0.4, 0.5) is 6.01 Å². The van der Waals surface area contributed by atoms with Crippen molar-refractivity contribution in [3.63, 3.8) is 0 Å². The summed E-state index contributed by atoms with van der Waals surface area (Å²) in [6, 6.07) is 8.44. The number of fused-ring (bicyclic) bond motifs is 2. The lowest BCUT2D eigenvalue weighted by Gasteiger charge is -2.32. The Bertz CT molecular complexity index is 1070. The maximum atomic E-state index is 6.04. The van der Waals surface area contributed by atoms with Gasteiger partial charge in [-0.15, -0.1) is 5.10 Å². The van der Waals surface area contributed by atoms with Crippen LogP contribution in [0.25, 0.3) is 5.52 Å². The smallest absolute Gasteiger partial charge is 0.319 e. The lowest BCUT2D eigenvalue weighted by molar-refractivity contribution is 0.385. The van der Waals surface area contributed by atoms with Crippen molar-refractivity contribution in [2.24, 2.45) is 0 Å². The molecule has 138 valence electrons. The maximum absolute atomic E-state index is 6.04. The number of hydrogen-bond acceptors (Lipinski definition) is 6. The summed E-state index contributed by atoms with van der Waals surface area (Å²) < 4.78 is 7.91. The van der Waals surface area contributed by atoms with Crippen LogP contribution in [-0.4, -0.2) is 36.3 Å². The lowest BCUT2D eigenvalue weighted by Crippen LogP contribution is -2.37. The number of nitrogens with zero attached hydrogens (tertiary/aromatic N) is 6.